The number of aliphatic carboxylic acids is 1. The van der Waals surface area contributed by atoms with Crippen LogP contribution in [0.1, 0.15) is 12.5 Å². The first-order chi connectivity index (χ1) is 10.5. The average Bonchev–Trinajstić information content (AvgIpc) is 2.48. The molecule has 1 aromatic rings. The summed E-state index contributed by atoms with van der Waals surface area (Å²) in [6, 6.07) is 6.78. The van der Waals surface area contributed by atoms with Crippen molar-refractivity contribution < 1.29 is 24.3 Å². The highest BCUT2D eigenvalue weighted by Crippen LogP contribution is 2.16. The van der Waals surface area contributed by atoms with Gasteiger partial charge >= 0.3 is 5.97 Å². The van der Waals surface area contributed by atoms with E-state index in [1.165, 1.54) is 19.3 Å². The minimum atomic E-state index is -1.01. The highest BCUT2D eigenvalue weighted by Gasteiger charge is 2.14. The van der Waals surface area contributed by atoms with Gasteiger partial charge in [-0.25, -0.2) is 0 Å². The van der Waals surface area contributed by atoms with E-state index in [4.69, 9.17) is 5.11 Å². The van der Waals surface area contributed by atoms with Gasteiger partial charge in [-0.05, 0) is 17.7 Å². The molecule has 0 aliphatic carbocycles. The maximum Gasteiger partial charge on any atom is 0.322 e. The minimum Gasteiger partial charge on any atom is -0.480 e. The van der Waals surface area contributed by atoms with Crippen molar-refractivity contribution in [2.75, 3.05) is 18.4 Å². The number of para-hydroxylation sites is 1. The zero-order chi connectivity index (χ0) is 16.5. The molecular weight excluding hydrogens is 288 g/mol. The molecule has 0 spiro atoms. The summed E-state index contributed by atoms with van der Waals surface area (Å²) in [4.78, 5) is 44.8. The number of carbonyl (C=O) groups excluding carboxylic acids is 3. The van der Waals surface area contributed by atoms with Crippen molar-refractivity contribution in [3.8, 4) is 0 Å². The first-order valence-electron chi connectivity index (χ1n) is 6.35. The van der Waals surface area contributed by atoms with Gasteiger partial charge < -0.3 is 10.4 Å². The van der Waals surface area contributed by atoms with Crippen molar-refractivity contribution in [1.29, 1.82) is 0 Å². The van der Waals surface area contributed by atoms with Crippen LogP contribution in [0.4, 0.5) is 5.69 Å². The molecule has 115 valence electrons. The van der Waals surface area contributed by atoms with E-state index < -0.39 is 24.3 Å². The van der Waals surface area contributed by atoms with E-state index >= 15 is 0 Å². The molecule has 0 aromatic heterocycles. The normalized spacial score (nSPS) is 10.2. The number of imide groups is 1. The summed E-state index contributed by atoms with van der Waals surface area (Å²) in [5.74, 6) is -2.22. The summed E-state index contributed by atoms with van der Waals surface area (Å²) >= 11 is 0. The monoisotopic (exact) mass is 303 g/mol. The van der Waals surface area contributed by atoms with Crippen LogP contribution in [0.5, 0.6) is 0 Å². The Labute approximate surface area is 127 Å². The molecule has 0 fully saturated rings. The zero-order valence-electron chi connectivity index (χ0n) is 11.9. The Morgan fingerprint density at radius 3 is 2.59 bits per heavy atom. The molecule has 0 heterocycles. The van der Waals surface area contributed by atoms with Crippen molar-refractivity contribution >= 4 is 35.8 Å². The van der Waals surface area contributed by atoms with E-state index in [0.29, 0.717) is 11.3 Å². The Morgan fingerprint density at radius 1 is 1.32 bits per heavy atom. The number of carboxylic acid groups (broad SMARTS) is 1. The van der Waals surface area contributed by atoms with E-state index in [1.807, 2.05) is 0 Å². The minimum absolute atomic E-state index is 0.265. The number of nitrogens with zero attached hydrogens (tertiary/aromatic N) is 1. The second kappa shape index (κ2) is 8.35. The van der Waals surface area contributed by atoms with Crippen LogP contribution in [0.3, 0.4) is 0 Å². The summed E-state index contributed by atoms with van der Waals surface area (Å²) in [6.07, 6.45) is 4.07. The van der Waals surface area contributed by atoms with Gasteiger partial charge in [0.1, 0.15) is 6.54 Å². The smallest absolute Gasteiger partial charge is 0.322 e. The Hall–Kier alpha value is -2.96. The number of amides is 2. The predicted octanol–water partition coefficient (Wildman–Crippen LogP) is 0.681. The van der Waals surface area contributed by atoms with Crippen LogP contribution in [-0.4, -0.2) is 47.2 Å². The highest BCUT2D eigenvalue weighted by atomic mass is 16.4. The fraction of sp³-hybridized carbons (Fsp3) is 0.200. The van der Waals surface area contributed by atoms with E-state index in [1.54, 1.807) is 24.3 Å². The summed E-state index contributed by atoms with van der Waals surface area (Å²) in [6.45, 7) is 0.474. The second-order valence-electron chi connectivity index (χ2n) is 4.26. The van der Waals surface area contributed by atoms with Gasteiger partial charge in [-0.1, -0.05) is 18.2 Å². The van der Waals surface area contributed by atoms with Crippen LogP contribution in [0.15, 0.2) is 30.3 Å². The molecule has 2 N–H and O–H groups in total. The van der Waals surface area contributed by atoms with Gasteiger partial charge in [0, 0.05) is 18.7 Å². The van der Waals surface area contributed by atoms with Crippen LogP contribution < -0.4 is 5.32 Å². The van der Waals surface area contributed by atoms with Crippen LogP contribution in [0.25, 0.3) is 6.08 Å². The SMILES string of the molecule is CC(=O)N(C[C]=O)C(=O)/C=C/c1ccccc1NCC(=O)O. The molecule has 22 heavy (non-hydrogen) atoms. The first-order valence-corrected chi connectivity index (χ1v) is 6.35. The maximum atomic E-state index is 11.9. The number of nitrogens with one attached hydrogen (secondary N) is 1. The van der Waals surface area contributed by atoms with Crippen LogP contribution in [0.2, 0.25) is 0 Å². The van der Waals surface area contributed by atoms with Gasteiger partial charge in [0.05, 0.1) is 6.54 Å². The number of rotatable bonds is 7. The molecule has 0 aliphatic rings. The lowest BCUT2D eigenvalue weighted by molar-refractivity contribution is -0.139. The Kier molecular flexibility index (Phi) is 6.49. The van der Waals surface area contributed by atoms with Crippen LogP contribution in [0, 0.1) is 0 Å². The summed E-state index contributed by atoms with van der Waals surface area (Å²) in [5, 5.41) is 11.4. The van der Waals surface area contributed by atoms with Gasteiger partial charge in [-0.15, -0.1) is 0 Å². The number of hydrogen-bond donors (Lipinski definition) is 2. The van der Waals surface area contributed by atoms with Crippen molar-refractivity contribution in [1.82, 2.24) is 4.90 Å². The van der Waals surface area contributed by atoms with Crippen LogP contribution in [-0.2, 0) is 19.2 Å². The second-order valence-corrected chi connectivity index (χ2v) is 4.26. The Morgan fingerprint density at radius 2 is 2.00 bits per heavy atom. The van der Waals surface area contributed by atoms with Crippen molar-refractivity contribution in [2.45, 2.75) is 6.92 Å². The molecule has 0 bridgehead atoms. The number of carbonyl (C=O) groups is 3. The molecule has 1 radical (unpaired) electrons. The van der Waals surface area contributed by atoms with Crippen molar-refractivity contribution in [3.63, 3.8) is 0 Å². The fourth-order valence-corrected chi connectivity index (χ4v) is 1.63. The largest absolute Gasteiger partial charge is 0.480 e. The topological polar surface area (TPSA) is 104 Å². The summed E-state index contributed by atoms with van der Waals surface area (Å²) in [5.41, 5.74) is 1.11. The maximum absolute atomic E-state index is 11.9. The Balaban J connectivity index is 2.88. The van der Waals surface area contributed by atoms with Gasteiger partial charge in [0.15, 0.2) is 0 Å². The highest BCUT2D eigenvalue weighted by molar-refractivity contribution is 6.03. The van der Waals surface area contributed by atoms with Crippen molar-refractivity contribution in [2.24, 2.45) is 0 Å². The van der Waals surface area contributed by atoms with Gasteiger partial charge in [0.2, 0.25) is 12.2 Å². The van der Waals surface area contributed by atoms with Crippen LogP contribution >= 0.6 is 0 Å². The molecule has 2 amide bonds. The van der Waals surface area contributed by atoms with Gasteiger partial charge in [-0.2, -0.15) is 0 Å². The first kappa shape index (κ1) is 17.1. The lowest BCUT2D eigenvalue weighted by atomic mass is 10.1. The number of carboxylic acids is 1. The standard InChI is InChI=1S/C15H15N2O5/c1-11(19)17(8-9-18)14(20)7-6-12-4-2-3-5-13(12)16-10-15(21)22/h2-7,16H,8,10H2,1H3,(H,21,22)/b7-6+. The molecular formula is C15H15N2O5. The molecule has 7 nitrogen and oxygen atoms in total. The van der Waals surface area contributed by atoms with Crippen molar-refractivity contribution in [3.05, 3.63) is 35.9 Å². The third-order valence-corrected chi connectivity index (χ3v) is 2.67. The molecule has 0 aliphatic heterocycles. The zero-order valence-corrected chi connectivity index (χ0v) is 11.9. The lowest BCUT2D eigenvalue weighted by Crippen LogP contribution is -2.35. The molecule has 7 heteroatoms. The summed E-state index contributed by atoms with van der Waals surface area (Å²) < 4.78 is 0. The predicted molar refractivity (Wildman–Crippen MR) is 79.7 cm³/mol. The van der Waals surface area contributed by atoms with Gasteiger partial charge in [0.25, 0.3) is 5.91 Å². The number of hydrogen-bond acceptors (Lipinski definition) is 5. The molecule has 0 saturated heterocycles. The number of anilines is 1. The quantitative estimate of drug-likeness (QED) is 0.718. The average molecular weight is 303 g/mol. The molecule has 1 aromatic carbocycles. The molecule has 0 saturated carbocycles. The van der Waals surface area contributed by atoms with E-state index in [-0.39, 0.29) is 6.54 Å². The third kappa shape index (κ3) is 5.20. The summed E-state index contributed by atoms with van der Waals surface area (Å²) in [7, 11) is 0. The van der Waals surface area contributed by atoms with E-state index in [2.05, 4.69) is 5.32 Å². The Bertz CT molecular complexity index is 610. The molecule has 0 unspecified atom stereocenters. The van der Waals surface area contributed by atoms with E-state index in [0.717, 1.165) is 11.0 Å². The van der Waals surface area contributed by atoms with E-state index in [9.17, 15) is 19.2 Å². The lowest BCUT2D eigenvalue weighted by Gasteiger charge is -2.13. The van der Waals surface area contributed by atoms with Gasteiger partial charge in [-0.3, -0.25) is 24.1 Å². The molecule has 0 atom stereocenters. The third-order valence-electron chi connectivity index (χ3n) is 2.67. The number of benzene rings is 1. The fourth-order valence-electron chi connectivity index (χ4n) is 1.63. The molecule has 1 rings (SSSR count).